The first-order valence-electron chi connectivity index (χ1n) is 5.03. The molecule has 1 atom stereocenters. The molecular weight excluding hydrogens is 225 g/mol. The van der Waals surface area contributed by atoms with E-state index in [-0.39, 0.29) is 0 Å². The first kappa shape index (κ1) is 13.3. The molecule has 0 spiro atoms. The Kier molecular flexibility index (Phi) is 5.06. The lowest BCUT2D eigenvalue weighted by atomic mass is 10.2. The van der Waals surface area contributed by atoms with Crippen LogP contribution in [0.1, 0.15) is 22.0 Å². The number of imidazole rings is 1. The summed E-state index contributed by atoms with van der Waals surface area (Å²) in [6, 6.07) is 0. The van der Waals surface area contributed by atoms with Gasteiger partial charge in [-0.15, -0.1) is 0 Å². The van der Waals surface area contributed by atoms with Crippen LogP contribution in [0.2, 0.25) is 0 Å². The van der Waals surface area contributed by atoms with Crippen LogP contribution in [0.15, 0.2) is 0 Å². The molecule has 0 fully saturated rings. The van der Waals surface area contributed by atoms with Crippen molar-refractivity contribution in [1.82, 2.24) is 14.2 Å². The largest absolute Gasteiger partial charge is 0.388 e. The summed E-state index contributed by atoms with van der Waals surface area (Å²) in [5, 5.41) is 0. The first-order chi connectivity index (χ1) is 7.63. The maximum absolute atomic E-state index is 10.6. The quantitative estimate of drug-likeness (QED) is 0.536. The maximum atomic E-state index is 10.6. The summed E-state index contributed by atoms with van der Waals surface area (Å²) >= 11 is 0. The number of nitrogens with zero attached hydrogens (tertiary/aromatic N) is 3. The zero-order chi connectivity index (χ0) is 12.1. The van der Waals surface area contributed by atoms with Crippen molar-refractivity contribution >= 4 is 15.7 Å². The highest BCUT2D eigenvalue weighted by Gasteiger charge is 2.19. The van der Waals surface area contributed by atoms with Gasteiger partial charge >= 0.3 is 0 Å². The summed E-state index contributed by atoms with van der Waals surface area (Å²) in [7, 11) is 7.81. The molecule has 0 amide bonds. The summed E-state index contributed by atoms with van der Waals surface area (Å²) in [4.78, 5) is 14.9. The number of hydrogen-bond acceptors (Lipinski definition) is 4. The third-order valence-electron chi connectivity index (χ3n) is 2.43. The van der Waals surface area contributed by atoms with Gasteiger partial charge < -0.3 is 9.30 Å². The third-order valence-corrected chi connectivity index (χ3v) is 2.87. The summed E-state index contributed by atoms with van der Waals surface area (Å²) in [5.41, 5.74) is 2.23. The SMILES string of the molecule is COC.Cn1c(C=O)nc2c1CCN(P)C2. The van der Waals surface area contributed by atoms with Crippen LogP contribution in [0.3, 0.4) is 0 Å². The van der Waals surface area contributed by atoms with Gasteiger partial charge in [-0.05, 0) is 0 Å². The normalized spacial score (nSPS) is 15.0. The van der Waals surface area contributed by atoms with Crippen LogP contribution in [0, 0.1) is 0 Å². The molecule has 1 unspecified atom stereocenters. The van der Waals surface area contributed by atoms with Gasteiger partial charge in [0.05, 0.1) is 5.69 Å². The second-order valence-electron chi connectivity index (χ2n) is 3.67. The zero-order valence-corrected chi connectivity index (χ0v) is 11.1. The summed E-state index contributed by atoms with van der Waals surface area (Å²) < 4.78 is 8.27. The predicted octanol–water partition coefficient (Wildman–Crippen LogP) is 0.643. The van der Waals surface area contributed by atoms with Gasteiger partial charge in [-0.25, -0.2) is 4.98 Å². The smallest absolute Gasteiger partial charge is 0.185 e. The van der Waals surface area contributed by atoms with Crippen LogP contribution in [0.4, 0.5) is 0 Å². The van der Waals surface area contributed by atoms with Crippen molar-refractivity contribution in [2.24, 2.45) is 7.05 Å². The number of methoxy groups -OCH3 is 1. The Morgan fingerprint density at radius 2 is 2.12 bits per heavy atom. The standard InChI is InChI=1S/C8H12N3OP.C2H6O/c1-10-7-2-3-11(13)4-6(7)9-8(10)5-12;1-3-2/h5H,2-4,13H2,1H3;1-2H3. The maximum Gasteiger partial charge on any atom is 0.185 e. The minimum Gasteiger partial charge on any atom is -0.388 e. The van der Waals surface area contributed by atoms with Crippen molar-refractivity contribution in [1.29, 1.82) is 0 Å². The molecule has 0 aromatic carbocycles. The Bertz CT molecular complexity index is 365. The van der Waals surface area contributed by atoms with Crippen LogP contribution in [0.5, 0.6) is 0 Å². The van der Waals surface area contributed by atoms with E-state index in [9.17, 15) is 4.79 Å². The molecule has 16 heavy (non-hydrogen) atoms. The molecule has 1 aliphatic heterocycles. The highest BCUT2D eigenvalue weighted by Crippen LogP contribution is 2.20. The number of hydrogen-bond donors (Lipinski definition) is 0. The molecule has 90 valence electrons. The van der Waals surface area contributed by atoms with E-state index in [1.54, 1.807) is 14.2 Å². The van der Waals surface area contributed by atoms with Crippen LogP contribution in [-0.2, 0) is 24.8 Å². The Morgan fingerprint density at radius 1 is 1.50 bits per heavy atom. The van der Waals surface area contributed by atoms with E-state index in [0.29, 0.717) is 5.82 Å². The number of ether oxygens (including phenoxy) is 1. The number of rotatable bonds is 1. The first-order valence-corrected chi connectivity index (χ1v) is 5.55. The highest BCUT2D eigenvalue weighted by molar-refractivity contribution is 7.13. The number of aldehydes is 1. The second-order valence-corrected chi connectivity index (χ2v) is 4.40. The van der Waals surface area contributed by atoms with Gasteiger partial charge in [0.25, 0.3) is 0 Å². The average molecular weight is 243 g/mol. The lowest BCUT2D eigenvalue weighted by molar-refractivity contribution is 0.111. The van der Waals surface area contributed by atoms with E-state index in [2.05, 4.69) is 23.8 Å². The fourth-order valence-corrected chi connectivity index (χ4v) is 1.98. The van der Waals surface area contributed by atoms with Crippen molar-refractivity contribution in [2.45, 2.75) is 13.0 Å². The zero-order valence-electron chi connectivity index (χ0n) is 9.93. The molecule has 0 saturated carbocycles. The molecule has 6 heteroatoms. The lowest BCUT2D eigenvalue weighted by Crippen LogP contribution is -2.22. The topological polar surface area (TPSA) is 47.4 Å². The molecule has 5 nitrogen and oxygen atoms in total. The van der Waals surface area contributed by atoms with Gasteiger partial charge in [0.2, 0.25) is 0 Å². The van der Waals surface area contributed by atoms with Gasteiger partial charge in [-0.2, -0.15) is 0 Å². The second kappa shape index (κ2) is 6.09. The molecule has 1 aromatic heterocycles. The molecule has 1 aromatic rings. The van der Waals surface area contributed by atoms with E-state index in [1.807, 2.05) is 11.6 Å². The van der Waals surface area contributed by atoms with Crippen molar-refractivity contribution in [3.63, 3.8) is 0 Å². The van der Waals surface area contributed by atoms with Crippen molar-refractivity contribution < 1.29 is 9.53 Å². The summed E-state index contributed by atoms with van der Waals surface area (Å²) in [5.74, 6) is 0.533. The Hall–Kier alpha value is -0.770. The van der Waals surface area contributed by atoms with E-state index < -0.39 is 0 Å². The van der Waals surface area contributed by atoms with Crippen molar-refractivity contribution in [2.75, 3.05) is 20.8 Å². The van der Waals surface area contributed by atoms with Crippen LogP contribution >= 0.6 is 9.39 Å². The Labute approximate surface area is 98.0 Å². The molecule has 1 aliphatic rings. The third kappa shape index (κ3) is 2.88. The molecule has 0 bridgehead atoms. The van der Waals surface area contributed by atoms with Crippen LogP contribution in [0.25, 0.3) is 0 Å². The minimum atomic E-state index is 0.533. The fourth-order valence-electron chi connectivity index (χ4n) is 1.67. The molecule has 0 N–H and O–H groups in total. The van der Waals surface area contributed by atoms with E-state index in [4.69, 9.17) is 0 Å². The van der Waals surface area contributed by atoms with Gasteiger partial charge in [0.15, 0.2) is 12.1 Å². The van der Waals surface area contributed by atoms with E-state index >= 15 is 0 Å². The number of fused-ring (bicyclic) bond motifs is 1. The minimum absolute atomic E-state index is 0.533. The van der Waals surface area contributed by atoms with Gasteiger partial charge in [0, 0.05) is 46.5 Å². The summed E-state index contributed by atoms with van der Waals surface area (Å²) in [6.45, 7) is 1.83. The monoisotopic (exact) mass is 243 g/mol. The Morgan fingerprint density at radius 3 is 2.69 bits per heavy atom. The predicted molar refractivity (Wildman–Crippen MR) is 65.4 cm³/mol. The summed E-state index contributed by atoms with van der Waals surface area (Å²) in [6.07, 6.45) is 1.78. The van der Waals surface area contributed by atoms with Crippen LogP contribution in [-0.4, -0.2) is 41.3 Å². The van der Waals surface area contributed by atoms with E-state index in [0.717, 1.165) is 31.5 Å². The lowest BCUT2D eigenvalue weighted by Gasteiger charge is -2.21. The highest BCUT2D eigenvalue weighted by atomic mass is 31.0. The molecular formula is C10H18N3O2P. The number of aromatic nitrogens is 2. The van der Waals surface area contributed by atoms with Crippen LogP contribution < -0.4 is 0 Å². The fraction of sp³-hybridized carbons (Fsp3) is 0.600. The van der Waals surface area contributed by atoms with Gasteiger partial charge in [-0.3, -0.25) is 9.46 Å². The molecule has 0 radical (unpaired) electrons. The molecule has 2 heterocycles. The van der Waals surface area contributed by atoms with Gasteiger partial charge in [-0.1, -0.05) is 9.39 Å². The van der Waals surface area contributed by atoms with Gasteiger partial charge in [0.1, 0.15) is 0 Å². The molecule has 0 aliphatic carbocycles. The number of carbonyl (C=O) groups is 1. The number of carbonyl (C=O) groups excluding carboxylic acids is 1. The van der Waals surface area contributed by atoms with Crippen molar-refractivity contribution in [3.8, 4) is 0 Å². The van der Waals surface area contributed by atoms with Crippen molar-refractivity contribution in [3.05, 3.63) is 17.2 Å². The molecule has 0 saturated heterocycles. The van der Waals surface area contributed by atoms with E-state index in [1.165, 1.54) is 5.69 Å². The average Bonchev–Trinajstić information content (AvgIpc) is 2.56. The Balaban J connectivity index is 0.000000386. The molecule has 2 rings (SSSR count).